The Labute approximate surface area is 99.7 Å². The summed E-state index contributed by atoms with van der Waals surface area (Å²) in [6.45, 7) is 5.85. The van der Waals surface area contributed by atoms with Crippen molar-refractivity contribution in [3.8, 4) is 0 Å². The minimum atomic E-state index is -0.577. The maximum atomic E-state index is 9.85. The van der Waals surface area contributed by atoms with E-state index in [0.717, 1.165) is 17.0 Å². The Morgan fingerprint density at radius 2 is 2.00 bits per heavy atom. The molecular formula is C12H15ClN2O. The molecule has 1 unspecified atom stereocenters. The number of aliphatic hydroxyl groups is 1. The fourth-order valence-electron chi connectivity index (χ4n) is 1.92. The third-order valence-corrected chi connectivity index (χ3v) is 2.90. The van der Waals surface area contributed by atoms with Crippen LogP contribution < -0.4 is 0 Å². The van der Waals surface area contributed by atoms with Crippen molar-refractivity contribution in [1.29, 1.82) is 0 Å². The maximum absolute atomic E-state index is 9.85. The van der Waals surface area contributed by atoms with Gasteiger partial charge in [0.1, 0.15) is 10.8 Å². The van der Waals surface area contributed by atoms with Crippen molar-refractivity contribution < 1.29 is 5.11 Å². The molecule has 0 bridgehead atoms. The summed E-state index contributed by atoms with van der Waals surface area (Å²) in [5, 5.41) is 10.4. The van der Waals surface area contributed by atoms with E-state index in [4.69, 9.17) is 11.6 Å². The molecule has 0 radical (unpaired) electrons. The third kappa shape index (κ3) is 1.70. The molecule has 1 atom stereocenters. The van der Waals surface area contributed by atoms with Gasteiger partial charge in [-0.3, -0.25) is 4.40 Å². The van der Waals surface area contributed by atoms with Gasteiger partial charge in [0.25, 0.3) is 0 Å². The summed E-state index contributed by atoms with van der Waals surface area (Å²) in [5.41, 5.74) is 2.48. The molecule has 2 heterocycles. The number of rotatable bonds is 2. The molecule has 0 spiro atoms. The first-order valence-corrected chi connectivity index (χ1v) is 5.75. The van der Waals surface area contributed by atoms with E-state index in [2.05, 4.69) is 18.8 Å². The highest BCUT2D eigenvalue weighted by Crippen LogP contribution is 2.28. The molecule has 2 aromatic heterocycles. The first kappa shape index (κ1) is 11.4. The fraction of sp³-hybridized carbons (Fsp3) is 0.417. The van der Waals surface area contributed by atoms with Crippen LogP contribution in [-0.4, -0.2) is 14.5 Å². The van der Waals surface area contributed by atoms with E-state index in [1.165, 1.54) is 0 Å². The Balaban J connectivity index is 2.83. The molecule has 2 rings (SSSR count). The monoisotopic (exact) mass is 238 g/mol. The van der Waals surface area contributed by atoms with E-state index in [9.17, 15) is 5.11 Å². The van der Waals surface area contributed by atoms with Crippen molar-refractivity contribution in [2.45, 2.75) is 32.8 Å². The highest BCUT2D eigenvalue weighted by molar-refractivity contribution is 6.29. The van der Waals surface area contributed by atoms with Gasteiger partial charge in [0.2, 0.25) is 0 Å². The van der Waals surface area contributed by atoms with Gasteiger partial charge in [-0.05, 0) is 25.0 Å². The summed E-state index contributed by atoms with van der Waals surface area (Å²) in [5.74, 6) is 0.264. The number of hydrogen-bond donors (Lipinski definition) is 1. The fourth-order valence-corrected chi connectivity index (χ4v) is 2.17. The average molecular weight is 239 g/mol. The largest absolute Gasteiger partial charge is 0.387 e. The summed E-state index contributed by atoms with van der Waals surface area (Å²) in [6, 6.07) is 5.55. The van der Waals surface area contributed by atoms with E-state index in [1.54, 1.807) is 13.0 Å². The van der Waals surface area contributed by atoms with Crippen LogP contribution in [0.15, 0.2) is 18.2 Å². The Morgan fingerprint density at radius 3 is 2.56 bits per heavy atom. The molecule has 0 aliphatic rings. The second kappa shape index (κ2) is 4.07. The molecule has 0 aliphatic heterocycles. The quantitative estimate of drug-likeness (QED) is 0.816. The van der Waals surface area contributed by atoms with Gasteiger partial charge in [0.05, 0.1) is 17.5 Å². The van der Waals surface area contributed by atoms with Crippen molar-refractivity contribution in [3.05, 3.63) is 34.7 Å². The molecule has 3 nitrogen and oxygen atoms in total. The van der Waals surface area contributed by atoms with Crippen LogP contribution in [0, 0.1) is 0 Å². The van der Waals surface area contributed by atoms with Crippen molar-refractivity contribution in [3.63, 3.8) is 0 Å². The topological polar surface area (TPSA) is 37.5 Å². The minimum absolute atomic E-state index is 0.264. The third-order valence-electron chi connectivity index (χ3n) is 2.60. The summed E-state index contributed by atoms with van der Waals surface area (Å²) >= 11 is 6.14. The predicted molar refractivity (Wildman–Crippen MR) is 64.9 cm³/mol. The lowest BCUT2D eigenvalue weighted by atomic mass is 10.1. The van der Waals surface area contributed by atoms with Gasteiger partial charge in [0, 0.05) is 0 Å². The van der Waals surface area contributed by atoms with Crippen LogP contribution >= 0.6 is 11.6 Å². The Kier molecular flexibility index (Phi) is 2.91. The lowest BCUT2D eigenvalue weighted by Gasteiger charge is -2.10. The molecule has 0 fully saturated rings. The van der Waals surface area contributed by atoms with Gasteiger partial charge in [-0.2, -0.15) is 0 Å². The second-order valence-electron chi connectivity index (χ2n) is 4.26. The molecule has 86 valence electrons. The van der Waals surface area contributed by atoms with E-state index in [0.29, 0.717) is 5.15 Å². The predicted octanol–water partition coefficient (Wildman–Crippen LogP) is 3.16. The summed E-state index contributed by atoms with van der Waals surface area (Å²) < 4.78 is 1.81. The second-order valence-corrected chi connectivity index (χ2v) is 4.64. The van der Waals surface area contributed by atoms with Gasteiger partial charge >= 0.3 is 0 Å². The molecular weight excluding hydrogens is 224 g/mol. The number of pyridine rings is 1. The van der Waals surface area contributed by atoms with Crippen LogP contribution in [0.4, 0.5) is 0 Å². The summed E-state index contributed by atoms with van der Waals surface area (Å²) in [7, 11) is 0. The van der Waals surface area contributed by atoms with Crippen molar-refractivity contribution in [2.24, 2.45) is 0 Å². The lowest BCUT2D eigenvalue weighted by molar-refractivity contribution is 0.191. The maximum Gasteiger partial charge on any atom is 0.138 e. The van der Waals surface area contributed by atoms with E-state index < -0.39 is 6.10 Å². The standard InChI is InChI=1S/C12H15ClN2O/c1-7(2)11-12(8(3)16)15-9(13)5-4-6-10(15)14-11/h4-8,16H,1-3H3. The Morgan fingerprint density at radius 1 is 1.31 bits per heavy atom. The van der Waals surface area contributed by atoms with E-state index in [1.807, 2.05) is 16.5 Å². The first-order chi connectivity index (χ1) is 7.52. The molecule has 0 saturated carbocycles. The first-order valence-electron chi connectivity index (χ1n) is 5.37. The number of halogens is 1. The molecule has 0 saturated heterocycles. The number of hydrogen-bond acceptors (Lipinski definition) is 2. The minimum Gasteiger partial charge on any atom is -0.387 e. The van der Waals surface area contributed by atoms with Crippen LogP contribution in [0.5, 0.6) is 0 Å². The number of aliphatic hydroxyl groups excluding tert-OH is 1. The number of fused-ring (bicyclic) bond motifs is 1. The van der Waals surface area contributed by atoms with E-state index >= 15 is 0 Å². The summed E-state index contributed by atoms with van der Waals surface area (Å²) in [6.07, 6.45) is -0.577. The van der Waals surface area contributed by atoms with Crippen LogP contribution in [0.3, 0.4) is 0 Å². The molecule has 2 aromatic rings. The zero-order valence-electron chi connectivity index (χ0n) is 9.61. The van der Waals surface area contributed by atoms with Gasteiger partial charge < -0.3 is 5.11 Å². The average Bonchev–Trinajstić information content (AvgIpc) is 2.58. The van der Waals surface area contributed by atoms with Gasteiger partial charge in [-0.15, -0.1) is 0 Å². The van der Waals surface area contributed by atoms with Crippen LogP contribution in [0.25, 0.3) is 5.65 Å². The Hall–Kier alpha value is -1.06. The number of nitrogens with zero attached hydrogens (tertiary/aromatic N) is 2. The molecule has 16 heavy (non-hydrogen) atoms. The van der Waals surface area contributed by atoms with Crippen LogP contribution in [-0.2, 0) is 0 Å². The SMILES string of the molecule is CC(C)c1nc2cccc(Cl)n2c1C(C)O. The van der Waals surface area contributed by atoms with Crippen LogP contribution in [0.1, 0.15) is 44.2 Å². The smallest absolute Gasteiger partial charge is 0.138 e. The molecule has 0 amide bonds. The highest BCUT2D eigenvalue weighted by Gasteiger charge is 2.19. The van der Waals surface area contributed by atoms with Gasteiger partial charge in [0.15, 0.2) is 0 Å². The molecule has 0 aliphatic carbocycles. The van der Waals surface area contributed by atoms with Crippen molar-refractivity contribution >= 4 is 17.2 Å². The Bertz CT molecular complexity index is 517. The zero-order chi connectivity index (χ0) is 11.9. The summed E-state index contributed by atoms with van der Waals surface area (Å²) in [4.78, 5) is 4.51. The molecule has 4 heteroatoms. The van der Waals surface area contributed by atoms with E-state index in [-0.39, 0.29) is 5.92 Å². The highest BCUT2D eigenvalue weighted by atomic mass is 35.5. The van der Waals surface area contributed by atoms with Crippen molar-refractivity contribution in [1.82, 2.24) is 9.38 Å². The molecule has 1 N–H and O–H groups in total. The number of aromatic nitrogens is 2. The number of imidazole rings is 1. The lowest BCUT2D eigenvalue weighted by Crippen LogP contribution is -2.03. The van der Waals surface area contributed by atoms with Crippen LogP contribution in [0.2, 0.25) is 5.15 Å². The normalized spacial score (nSPS) is 13.6. The van der Waals surface area contributed by atoms with Gasteiger partial charge in [-0.1, -0.05) is 31.5 Å². The van der Waals surface area contributed by atoms with Gasteiger partial charge in [-0.25, -0.2) is 4.98 Å². The molecule has 0 aromatic carbocycles. The zero-order valence-corrected chi connectivity index (χ0v) is 10.4. The van der Waals surface area contributed by atoms with Crippen molar-refractivity contribution in [2.75, 3.05) is 0 Å².